The molecule has 3 atom stereocenters. The number of pyridine rings is 2. The first-order chi connectivity index (χ1) is 16.1. The van der Waals surface area contributed by atoms with Gasteiger partial charge in [-0.05, 0) is 56.2 Å². The molecule has 0 spiro atoms. The highest BCUT2D eigenvalue weighted by atomic mass is 16.5. The minimum Gasteiger partial charge on any atom is -0.492 e. The number of ether oxygens (including phenoxy) is 1. The Morgan fingerprint density at radius 1 is 1.36 bits per heavy atom. The topological polar surface area (TPSA) is 95.5 Å². The third-order valence-corrected chi connectivity index (χ3v) is 6.65. The third-order valence-electron chi connectivity index (χ3n) is 6.65. The molecular weight excluding hydrogens is 416 g/mol. The monoisotopic (exact) mass is 440 g/mol. The van der Waals surface area contributed by atoms with Crippen LogP contribution in [0.15, 0.2) is 36.8 Å². The summed E-state index contributed by atoms with van der Waals surface area (Å²) >= 11 is 0. The maximum atomic E-state index is 12.0. The van der Waals surface area contributed by atoms with E-state index in [1.54, 1.807) is 23.1 Å². The maximum Gasteiger partial charge on any atom is 0.298 e. The number of hydrogen-bond acceptors (Lipinski definition) is 6. The zero-order valence-electron chi connectivity index (χ0n) is 18.4. The number of anilines is 1. The first kappa shape index (κ1) is 20.8. The fraction of sp³-hybridized carbons (Fsp3) is 0.360. The Labute approximate surface area is 192 Å². The normalized spacial score (nSPS) is 21.4. The molecule has 0 aromatic carbocycles. The van der Waals surface area contributed by atoms with Gasteiger partial charge in [-0.3, -0.25) is 4.79 Å². The zero-order valence-corrected chi connectivity index (χ0v) is 18.4. The van der Waals surface area contributed by atoms with Crippen LogP contribution in [0, 0.1) is 29.6 Å². The van der Waals surface area contributed by atoms with Crippen molar-refractivity contribution in [1.29, 1.82) is 5.26 Å². The number of nitriles is 1. The number of nitrogens with one attached hydrogen (secondary N) is 1. The molecular formula is C25H24N6O2. The number of fused-ring (bicyclic) bond motifs is 4. The summed E-state index contributed by atoms with van der Waals surface area (Å²) in [6, 6.07) is 8.52. The number of amides is 1. The van der Waals surface area contributed by atoms with Gasteiger partial charge in [0.25, 0.3) is 5.91 Å². The first-order valence-corrected chi connectivity index (χ1v) is 11.2. The summed E-state index contributed by atoms with van der Waals surface area (Å²) in [5, 5.41) is 17.4. The zero-order chi connectivity index (χ0) is 22.9. The van der Waals surface area contributed by atoms with E-state index in [1.165, 1.54) is 0 Å². The Morgan fingerprint density at radius 3 is 2.91 bits per heavy atom. The van der Waals surface area contributed by atoms with Crippen LogP contribution in [0.25, 0.3) is 16.6 Å². The molecule has 3 fully saturated rings. The summed E-state index contributed by atoms with van der Waals surface area (Å²) in [4.78, 5) is 18.5. The van der Waals surface area contributed by atoms with E-state index in [1.807, 2.05) is 30.0 Å². The minimum atomic E-state index is -0.206. The SMILES string of the molecule is C#CC(=O)N1CC2CCC1CC2Nc1ccc(-c2cc(OCC)cn3ncc(C#N)c23)cn1. The number of aromatic nitrogens is 3. The summed E-state index contributed by atoms with van der Waals surface area (Å²) in [6.45, 7) is 3.16. The van der Waals surface area contributed by atoms with Crippen LogP contribution in [0.4, 0.5) is 5.82 Å². The first-order valence-electron chi connectivity index (χ1n) is 11.2. The summed E-state index contributed by atoms with van der Waals surface area (Å²) < 4.78 is 7.36. The van der Waals surface area contributed by atoms with Crippen molar-refractivity contribution in [3.63, 3.8) is 0 Å². The van der Waals surface area contributed by atoms with Crippen molar-refractivity contribution in [2.24, 2.45) is 5.92 Å². The molecule has 1 aliphatic carbocycles. The van der Waals surface area contributed by atoms with Crippen molar-refractivity contribution in [3.05, 3.63) is 42.4 Å². The van der Waals surface area contributed by atoms with Crippen molar-refractivity contribution in [2.45, 2.75) is 38.3 Å². The predicted octanol–water partition coefficient (Wildman–Crippen LogP) is 3.09. The van der Waals surface area contributed by atoms with Gasteiger partial charge in [-0.2, -0.15) is 10.4 Å². The number of rotatable bonds is 5. The fourth-order valence-corrected chi connectivity index (χ4v) is 5.10. The Balaban J connectivity index is 1.38. The average molecular weight is 441 g/mol. The van der Waals surface area contributed by atoms with Gasteiger partial charge in [-0.1, -0.05) is 0 Å². The summed E-state index contributed by atoms with van der Waals surface area (Å²) in [6.07, 6.45) is 13.4. The van der Waals surface area contributed by atoms with Crippen molar-refractivity contribution in [3.8, 4) is 35.3 Å². The van der Waals surface area contributed by atoms with E-state index in [4.69, 9.17) is 11.2 Å². The number of hydrogen-bond donors (Lipinski definition) is 1. The molecule has 3 unspecified atom stereocenters. The van der Waals surface area contributed by atoms with Gasteiger partial charge in [-0.15, -0.1) is 6.42 Å². The third kappa shape index (κ3) is 3.74. The average Bonchev–Trinajstić information content (AvgIpc) is 3.27. The van der Waals surface area contributed by atoms with Gasteiger partial charge in [0.05, 0.1) is 30.1 Å². The molecule has 3 aromatic heterocycles. The molecule has 0 radical (unpaired) electrons. The van der Waals surface area contributed by atoms with E-state index in [0.717, 1.165) is 41.7 Å². The molecule has 166 valence electrons. The molecule has 1 N–H and O–H groups in total. The second-order valence-electron chi connectivity index (χ2n) is 8.50. The van der Waals surface area contributed by atoms with E-state index in [9.17, 15) is 10.1 Å². The summed E-state index contributed by atoms with van der Waals surface area (Å²) in [5.74, 6) is 3.88. The lowest BCUT2D eigenvalue weighted by Gasteiger charge is -2.49. The van der Waals surface area contributed by atoms with Crippen LogP contribution in [0.5, 0.6) is 5.75 Å². The van der Waals surface area contributed by atoms with Gasteiger partial charge in [-0.25, -0.2) is 9.50 Å². The largest absolute Gasteiger partial charge is 0.492 e. The van der Waals surface area contributed by atoms with Gasteiger partial charge < -0.3 is 15.0 Å². The van der Waals surface area contributed by atoms with Crippen molar-refractivity contribution in [1.82, 2.24) is 19.5 Å². The number of carbonyl (C=O) groups is 1. The molecule has 3 aromatic rings. The van der Waals surface area contributed by atoms with Crippen LogP contribution in [-0.4, -0.2) is 50.6 Å². The van der Waals surface area contributed by atoms with E-state index >= 15 is 0 Å². The quantitative estimate of drug-likeness (QED) is 0.613. The van der Waals surface area contributed by atoms with E-state index in [-0.39, 0.29) is 18.0 Å². The molecule has 5 heterocycles. The lowest BCUT2D eigenvalue weighted by atomic mass is 9.76. The lowest BCUT2D eigenvalue weighted by Crippen LogP contribution is -2.57. The standard InChI is InChI=1S/C25H24N6O2/c1-3-24(32)30-14-17-5-7-19(30)9-22(17)29-23-8-6-16(12-27-23)21-10-20(33-4-2)15-31-25(21)18(11-26)13-28-31/h1,6,8,10,12-13,15,17,19,22H,4-5,7,9,14H2,2H3,(H,27,29). The van der Waals surface area contributed by atoms with Crippen molar-refractivity contribution >= 4 is 17.2 Å². The van der Waals surface area contributed by atoms with Gasteiger partial charge in [0.1, 0.15) is 17.6 Å². The van der Waals surface area contributed by atoms with E-state index in [0.29, 0.717) is 30.4 Å². The highest BCUT2D eigenvalue weighted by Crippen LogP contribution is 2.37. The smallest absolute Gasteiger partial charge is 0.298 e. The van der Waals surface area contributed by atoms with Crippen molar-refractivity contribution in [2.75, 3.05) is 18.5 Å². The van der Waals surface area contributed by atoms with Crippen LogP contribution in [0.2, 0.25) is 0 Å². The summed E-state index contributed by atoms with van der Waals surface area (Å²) in [7, 11) is 0. The molecule has 2 aliphatic heterocycles. The van der Waals surface area contributed by atoms with E-state index in [2.05, 4.69) is 27.4 Å². The van der Waals surface area contributed by atoms with Crippen molar-refractivity contribution < 1.29 is 9.53 Å². The number of terminal acetylenes is 1. The van der Waals surface area contributed by atoms with Gasteiger partial charge in [0.15, 0.2) is 0 Å². The Kier molecular flexibility index (Phi) is 5.35. The number of carbonyl (C=O) groups excluding carboxylic acids is 1. The van der Waals surface area contributed by atoms with Crippen LogP contribution >= 0.6 is 0 Å². The van der Waals surface area contributed by atoms with Gasteiger partial charge in [0.2, 0.25) is 0 Å². The highest BCUT2D eigenvalue weighted by Gasteiger charge is 2.42. The molecule has 6 rings (SSSR count). The molecule has 33 heavy (non-hydrogen) atoms. The molecule has 2 saturated heterocycles. The van der Waals surface area contributed by atoms with E-state index < -0.39 is 0 Å². The van der Waals surface area contributed by atoms with Crippen LogP contribution in [0.1, 0.15) is 31.7 Å². The number of nitrogens with zero attached hydrogens (tertiary/aromatic N) is 5. The van der Waals surface area contributed by atoms with Gasteiger partial charge >= 0.3 is 0 Å². The molecule has 1 amide bonds. The molecule has 3 aliphatic rings. The number of piperidine rings is 2. The fourth-order valence-electron chi connectivity index (χ4n) is 5.10. The van der Waals surface area contributed by atoms with Crippen LogP contribution in [0.3, 0.4) is 0 Å². The Hall–Kier alpha value is -4.04. The predicted molar refractivity (Wildman–Crippen MR) is 123 cm³/mol. The molecule has 8 heteroatoms. The molecule has 2 bridgehead atoms. The summed E-state index contributed by atoms with van der Waals surface area (Å²) in [5.41, 5.74) is 2.94. The minimum absolute atomic E-state index is 0.191. The molecule has 8 nitrogen and oxygen atoms in total. The highest BCUT2D eigenvalue weighted by molar-refractivity contribution is 5.93. The lowest BCUT2D eigenvalue weighted by molar-refractivity contribution is -0.132. The van der Waals surface area contributed by atoms with Crippen LogP contribution in [-0.2, 0) is 4.79 Å². The Bertz CT molecular complexity index is 1280. The molecule has 1 saturated carbocycles. The van der Waals surface area contributed by atoms with Crippen LogP contribution < -0.4 is 10.1 Å². The van der Waals surface area contributed by atoms with Gasteiger partial charge in [0, 0.05) is 36.0 Å². The Morgan fingerprint density at radius 2 is 2.24 bits per heavy atom. The second-order valence-corrected chi connectivity index (χ2v) is 8.50. The second kappa shape index (κ2) is 8.48. The maximum absolute atomic E-state index is 12.0.